The highest BCUT2D eigenvalue weighted by Gasteiger charge is 2.10. The maximum Gasteiger partial charge on any atom is 0.179 e. The van der Waals surface area contributed by atoms with Crippen LogP contribution in [0.5, 0.6) is 5.75 Å². The fourth-order valence-electron chi connectivity index (χ4n) is 2.05. The van der Waals surface area contributed by atoms with Crippen molar-refractivity contribution in [3.8, 4) is 11.9 Å². The van der Waals surface area contributed by atoms with Gasteiger partial charge in [0.25, 0.3) is 0 Å². The summed E-state index contributed by atoms with van der Waals surface area (Å²) in [6, 6.07) is 2.16. The summed E-state index contributed by atoms with van der Waals surface area (Å²) in [5.41, 5.74) is 4.91. The van der Waals surface area contributed by atoms with Crippen LogP contribution in [0, 0.1) is 32.2 Å². The van der Waals surface area contributed by atoms with Gasteiger partial charge in [0.2, 0.25) is 0 Å². The third kappa shape index (κ3) is 2.91. The molecule has 0 bridgehead atoms. The Morgan fingerprint density at radius 1 is 1.29 bits per heavy atom. The van der Waals surface area contributed by atoms with Crippen LogP contribution >= 0.6 is 0 Å². The van der Waals surface area contributed by atoms with E-state index < -0.39 is 0 Å². The number of methoxy groups -OCH3 is 1. The van der Waals surface area contributed by atoms with Crippen LogP contribution in [0.2, 0.25) is 0 Å². The molecule has 0 fully saturated rings. The van der Waals surface area contributed by atoms with E-state index >= 15 is 0 Å². The number of rotatable bonds is 4. The van der Waals surface area contributed by atoms with Crippen LogP contribution in [0.1, 0.15) is 22.3 Å². The molecule has 0 N–H and O–H groups in total. The summed E-state index contributed by atoms with van der Waals surface area (Å²) in [7, 11) is 3.51. The first kappa shape index (κ1) is 13.4. The van der Waals surface area contributed by atoms with Crippen molar-refractivity contribution in [1.82, 2.24) is 4.90 Å². The lowest BCUT2D eigenvalue weighted by Crippen LogP contribution is -2.15. The molecule has 0 aliphatic heterocycles. The van der Waals surface area contributed by atoms with Crippen LogP contribution in [0.3, 0.4) is 0 Å². The second kappa shape index (κ2) is 5.58. The van der Waals surface area contributed by atoms with Crippen LogP contribution in [0.25, 0.3) is 0 Å². The van der Waals surface area contributed by atoms with Crippen molar-refractivity contribution in [2.45, 2.75) is 27.2 Å². The lowest BCUT2D eigenvalue weighted by molar-refractivity contribution is 0.407. The molecular formula is C14H20N2O. The van der Waals surface area contributed by atoms with E-state index in [9.17, 15) is 0 Å². The first-order valence-electron chi connectivity index (χ1n) is 5.75. The van der Waals surface area contributed by atoms with Gasteiger partial charge in [-0.25, -0.2) is 0 Å². The van der Waals surface area contributed by atoms with E-state index in [-0.39, 0.29) is 0 Å². The fourth-order valence-corrected chi connectivity index (χ4v) is 2.05. The van der Waals surface area contributed by atoms with E-state index in [0.717, 1.165) is 24.3 Å². The highest BCUT2D eigenvalue weighted by atomic mass is 16.5. The van der Waals surface area contributed by atoms with Gasteiger partial charge in [0.1, 0.15) is 5.75 Å². The summed E-state index contributed by atoms with van der Waals surface area (Å²) in [5.74, 6) is 0.972. The molecule has 3 nitrogen and oxygen atoms in total. The van der Waals surface area contributed by atoms with Gasteiger partial charge in [-0.1, -0.05) is 6.07 Å². The Morgan fingerprint density at radius 3 is 2.47 bits per heavy atom. The Hall–Kier alpha value is -1.69. The van der Waals surface area contributed by atoms with Crippen LogP contribution in [-0.4, -0.2) is 25.6 Å². The van der Waals surface area contributed by atoms with E-state index in [1.165, 1.54) is 16.7 Å². The minimum Gasteiger partial charge on any atom is -0.496 e. The summed E-state index contributed by atoms with van der Waals surface area (Å²) in [6.07, 6.45) is 3.01. The molecule has 0 atom stereocenters. The van der Waals surface area contributed by atoms with E-state index in [2.05, 4.69) is 33.0 Å². The van der Waals surface area contributed by atoms with Gasteiger partial charge in [-0.2, -0.15) is 5.26 Å². The average molecular weight is 232 g/mol. The first-order chi connectivity index (χ1) is 8.01. The predicted octanol–water partition coefficient (Wildman–Crippen LogP) is 2.58. The van der Waals surface area contributed by atoms with E-state index in [4.69, 9.17) is 10.00 Å². The summed E-state index contributed by atoms with van der Waals surface area (Å²) < 4.78 is 5.40. The van der Waals surface area contributed by atoms with Gasteiger partial charge in [0.15, 0.2) is 6.19 Å². The van der Waals surface area contributed by atoms with Gasteiger partial charge in [0, 0.05) is 13.6 Å². The van der Waals surface area contributed by atoms with Gasteiger partial charge >= 0.3 is 0 Å². The zero-order valence-electron chi connectivity index (χ0n) is 11.3. The van der Waals surface area contributed by atoms with Gasteiger partial charge in [-0.3, -0.25) is 0 Å². The molecule has 0 heterocycles. The lowest BCUT2D eigenvalue weighted by Gasteiger charge is -2.16. The number of nitrogens with zero attached hydrogens (tertiary/aromatic N) is 2. The van der Waals surface area contributed by atoms with Crippen molar-refractivity contribution >= 4 is 0 Å². The van der Waals surface area contributed by atoms with Gasteiger partial charge in [-0.05, 0) is 49.4 Å². The number of ether oxygens (including phenoxy) is 1. The molecule has 92 valence electrons. The maximum atomic E-state index is 8.73. The molecule has 17 heavy (non-hydrogen) atoms. The van der Waals surface area contributed by atoms with Gasteiger partial charge < -0.3 is 9.64 Å². The fraction of sp³-hybridized carbons (Fsp3) is 0.500. The third-order valence-corrected chi connectivity index (χ3v) is 3.23. The van der Waals surface area contributed by atoms with Crippen molar-refractivity contribution in [3.05, 3.63) is 28.3 Å². The standard InChI is InChI=1S/C14H20N2O/c1-10-8-13(6-7-16(4)9-15)11(2)12(3)14(10)17-5/h8H,6-7H2,1-5H3. The zero-order valence-corrected chi connectivity index (χ0v) is 11.3. The van der Waals surface area contributed by atoms with Crippen LogP contribution in [0.15, 0.2) is 6.07 Å². The lowest BCUT2D eigenvalue weighted by atomic mass is 9.96. The monoisotopic (exact) mass is 232 g/mol. The molecular weight excluding hydrogens is 212 g/mol. The van der Waals surface area contributed by atoms with Crippen molar-refractivity contribution in [1.29, 1.82) is 5.26 Å². The van der Waals surface area contributed by atoms with Crippen LogP contribution < -0.4 is 4.74 Å². The van der Waals surface area contributed by atoms with Crippen LogP contribution in [-0.2, 0) is 6.42 Å². The molecule has 0 aliphatic carbocycles. The number of nitriles is 1. The highest BCUT2D eigenvalue weighted by Crippen LogP contribution is 2.28. The Kier molecular flexibility index (Phi) is 4.39. The molecule has 1 aromatic carbocycles. The zero-order chi connectivity index (χ0) is 13.0. The Balaban J connectivity index is 2.99. The average Bonchev–Trinajstić information content (AvgIpc) is 2.32. The normalized spacial score (nSPS) is 9.88. The van der Waals surface area contributed by atoms with Gasteiger partial charge in [0.05, 0.1) is 7.11 Å². The summed E-state index contributed by atoms with van der Waals surface area (Å²) >= 11 is 0. The molecule has 0 spiro atoms. The number of aryl methyl sites for hydroxylation is 1. The van der Waals surface area contributed by atoms with E-state index in [1.807, 2.05) is 0 Å². The van der Waals surface area contributed by atoms with Crippen molar-refractivity contribution in [2.24, 2.45) is 0 Å². The predicted molar refractivity (Wildman–Crippen MR) is 69.2 cm³/mol. The second-order valence-corrected chi connectivity index (χ2v) is 4.41. The molecule has 1 rings (SSSR count). The SMILES string of the molecule is COc1c(C)cc(CCN(C)C#N)c(C)c1C. The molecule has 0 radical (unpaired) electrons. The van der Waals surface area contributed by atoms with Crippen LogP contribution in [0.4, 0.5) is 0 Å². The first-order valence-corrected chi connectivity index (χ1v) is 5.75. The van der Waals surface area contributed by atoms with Crippen molar-refractivity contribution < 1.29 is 4.74 Å². The van der Waals surface area contributed by atoms with Crippen molar-refractivity contribution in [3.63, 3.8) is 0 Å². The Bertz CT molecular complexity index is 447. The smallest absolute Gasteiger partial charge is 0.179 e. The molecule has 0 aliphatic rings. The number of likely N-dealkylation sites (N-methyl/N-ethyl adjacent to an activating group) is 1. The molecule has 0 amide bonds. The molecule has 0 saturated heterocycles. The minimum atomic E-state index is 0.753. The summed E-state index contributed by atoms with van der Waals surface area (Å²) in [6.45, 7) is 7.00. The Labute approximate surface area is 104 Å². The van der Waals surface area contributed by atoms with Crippen molar-refractivity contribution in [2.75, 3.05) is 20.7 Å². The van der Waals surface area contributed by atoms with Gasteiger partial charge in [-0.15, -0.1) is 0 Å². The molecule has 0 aromatic heterocycles. The van der Waals surface area contributed by atoms with E-state index in [1.54, 1.807) is 19.1 Å². The Morgan fingerprint density at radius 2 is 1.94 bits per heavy atom. The molecule has 1 aromatic rings. The molecule has 0 unspecified atom stereocenters. The van der Waals surface area contributed by atoms with E-state index in [0.29, 0.717) is 0 Å². The molecule has 0 saturated carbocycles. The highest BCUT2D eigenvalue weighted by molar-refractivity contribution is 5.49. The summed E-state index contributed by atoms with van der Waals surface area (Å²) in [5, 5.41) is 8.73. The minimum absolute atomic E-state index is 0.753. The number of benzene rings is 1. The molecule has 3 heteroatoms. The number of hydrogen-bond acceptors (Lipinski definition) is 3. The number of hydrogen-bond donors (Lipinski definition) is 0. The largest absolute Gasteiger partial charge is 0.496 e. The maximum absolute atomic E-state index is 8.73. The second-order valence-electron chi connectivity index (χ2n) is 4.41. The topological polar surface area (TPSA) is 36.3 Å². The third-order valence-electron chi connectivity index (χ3n) is 3.23. The quantitative estimate of drug-likeness (QED) is 0.591. The summed E-state index contributed by atoms with van der Waals surface area (Å²) in [4.78, 5) is 1.65.